The summed E-state index contributed by atoms with van der Waals surface area (Å²) in [5, 5.41) is 3.55. The van der Waals surface area contributed by atoms with E-state index >= 15 is 0 Å². The Balaban J connectivity index is 1.88. The lowest BCUT2D eigenvalue weighted by Crippen LogP contribution is -2.46. The second-order valence-corrected chi connectivity index (χ2v) is 6.60. The van der Waals surface area contributed by atoms with E-state index in [1.54, 1.807) is 23.4 Å². The van der Waals surface area contributed by atoms with E-state index in [0.29, 0.717) is 28.6 Å². The fourth-order valence-corrected chi connectivity index (χ4v) is 3.43. The van der Waals surface area contributed by atoms with E-state index in [1.807, 2.05) is 6.07 Å². The first-order chi connectivity index (χ1) is 12.5. The summed E-state index contributed by atoms with van der Waals surface area (Å²) in [7, 11) is 1.31. The lowest BCUT2D eigenvalue weighted by molar-refractivity contribution is -0.140. The molecule has 2 N–H and O–H groups in total. The predicted octanol–water partition coefficient (Wildman–Crippen LogP) is 2.94. The van der Waals surface area contributed by atoms with Crippen LogP contribution in [0.3, 0.4) is 0 Å². The zero-order chi connectivity index (χ0) is 18.7. The number of urea groups is 1. The Morgan fingerprint density at radius 3 is 3.00 bits per heavy atom. The van der Waals surface area contributed by atoms with E-state index in [2.05, 4.69) is 20.0 Å². The standard InChI is InChI=1S/C17H18Cl2N4O3/c1-26-13(24)5-7-20-17(25)23-8-6-12-15(22-9-21-12)16(23)10-3-2-4-11(18)14(10)19/h2-4,9,16H,5-8H2,1H3,(H,20,25)(H,21,22)/t16-/m0/s1. The molecular formula is C17H18Cl2N4O3. The Bertz CT molecular complexity index is 824. The molecule has 1 aliphatic heterocycles. The van der Waals surface area contributed by atoms with Gasteiger partial charge in [0.2, 0.25) is 0 Å². The Kier molecular flexibility index (Phi) is 5.68. The molecular weight excluding hydrogens is 379 g/mol. The van der Waals surface area contributed by atoms with Crippen LogP contribution in [0.5, 0.6) is 0 Å². The highest BCUT2D eigenvalue weighted by molar-refractivity contribution is 6.42. The van der Waals surface area contributed by atoms with E-state index in [4.69, 9.17) is 23.2 Å². The molecule has 7 nitrogen and oxygen atoms in total. The third-order valence-electron chi connectivity index (χ3n) is 4.29. The van der Waals surface area contributed by atoms with Crippen LogP contribution in [0.25, 0.3) is 0 Å². The number of aromatic nitrogens is 2. The quantitative estimate of drug-likeness (QED) is 0.777. The molecule has 0 bridgehead atoms. The number of hydrogen-bond donors (Lipinski definition) is 2. The average molecular weight is 397 g/mol. The second-order valence-electron chi connectivity index (χ2n) is 5.81. The van der Waals surface area contributed by atoms with Crippen LogP contribution >= 0.6 is 23.2 Å². The Labute approximate surface area is 160 Å². The molecule has 3 rings (SSSR count). The van der Waals surface area contributed by atoms with Crippen molar-refractivity contribution in [2.24, 2.45) is 0 Å². The number of aromatic amines is 1. The van der Waals surface area contributed by atoms with Gasteiger partial charge < -0.3 is 19.9 Å². The predicted molar refractivity (Wildman–Crippen MR) is 97.3 cm³/mol. The maximum absolute atomic E-state index is 12.7. The van der Waals surface area contributed by atoms with Crippen LogP contribution in [0.2, 0.25) is 10.0 Å². The van der Waals surface area contributed by atoms with Gasteiger partial charge in [-0.05, 0) is 6.07 Å². The van der Waals surface area contributed by atoms with Crippen molar-refractivity contribution in [2.75, 3.05) is 20.2 Å². The summed E-state index contributed by atoms with van der Waals surface area (Å²) in [6.07, 6.45) is 2.36. The number of methoxy groups -OCH3 is 1. The number of fused-ring (bicyclic) bond motifs is 1. The lowest BCUT2D eigenvalue weighted by Gasteiger charge is -2.35. The molecule has 1 atom stereocenters. The zero-order valence-electron chi connectivity index (χ0n) is 14.1. The maximum atomic E-state index is 12.7. The number of amides is 2. The Morgan fingerprint density at radius 1 is 1.42 bits per heavy atom. The Morgan fingerprint density at radius 2 is 2.23 bits per heavy atom. The summed E-state index contributed by atoms with van der Waals surface area (Å²) in [4.78, 5) is 33.1. The van der Waals surface area contributed by atoms with E-state index in [0.717, 1.165) is 11.4 Å². The average Bonchev–Trinajstić information content (AvgIpc) is 3.12. The molecule has 2 heterocycles. The molecule has 26 heavy (non-hydrogen) atoms. The van der Waals surface area contributed by atoms with Gasteiger partial charge in [0.05, 0.1) is 35.6 Å². The van der Waals surface area contributed by atoms with Gasteiger partial charge in [0.1, 0.15) is 6.04 Å². The van der Waals surface area contributed by atoms with Gasteiger partial charge in [-0.1, -0.05) is 35.3 Å². The van der Waals surface area contributed by atoms with Gasteiger partial charge in [-0.25, -0.2) is 9.78 Å². The maximum Gasteiger partial charge on any atom is 0.318 e. The Hall–Kier alpha value is -2.25. The van der Waals surface area contributed by atoms with Gasteiger partial charge in [0, 0.05) is 30.8 Å². The molecule has 1 aromatic heterocycles. The van der Waals surface area contributed by atoms with E-state index in [9.17, 15) is 9.59 Å². The number of ether oxygens (including phenoxy) is 1. The van der Waals surface area contributed by atoms with Crippen molar-refractivity contribution in [1.29, 1.82) is 0 Å². The normalized spacial score (nSPS) is 16.1. The van der Waals surface area contributed by atoms with Gasteiger partial charge in [0.15, 0.2) is 0 Å². The van der Waals surface area contributed by atoms with Crippen LogP contribution in [-0.4, -0.2) is 47.1 Å². The van der Waals surface area contributed by atoms with E-state index < -0.39 is 6.04 Å². The first-order valence-corrected chi connectivity index (χ1v) is 8.86. The number of nitrogens with one attached hydrogen (secondary N) is 2. The fraction of sp³-hybridized carbons (Fsp3) is 0.353. The number of esters is 1. The minimum absolute atomic E-state index is 0.103. The van der Waals surface area contributed by atoms with Gasteiger partial charge in [-0.2, -0.15) is 0 Å². The van der Waals surface area contributed by atoms with Gasteiger partial charge in [0.25, 0.3) is 0 Å². The highest BCUT2D eigenvalue weighted by atomic mass is 35.5. The van der Waals surface area contributed by atoms with Crippen molar-refractivity contribution in [2.45, 2.75) is 18.9 Å². The number of halogens is 2. The minimum atomic E-state index is -0.464. The molecule has 0 unspecified atom stereocenters. The van der Waals surface area contributed by atoms with Gasteiger partial charge >= 0.3 is 12.0 Å². The number of carbonyl (C=O) groups excluding carboxylic acids is 2. The van der Waals surface area contributed by atoms with Crippen molar-refractivity contribution < 1.29 is 14.3 Å². The second kappa shape index (κ2) is 7.97. The third-order valence-corrected chi connectivity index (χ3v) is 5.13. The highest BCUT2D eigenvalue weighted by Gasteiger charge is 2.35. The molecule has 0 radical (unpaired) electrons. The summed E-state index contributed by atoms with van der Waals surface area (Å²) in [6, 6.07) is 4.55. The highest BCUT2D eigenvalue weighted by Crippen LogP contribution is 2.39. The molecule has 1 aliphatic rings. The molecule has 1 aromatic carbocycles. The fourth-order valence-electron chi connectivity index (χ4n) is 3.02. The molecule has 0 saturated heterocycles. The summed E-state index contributed by atoms with van der Waals surface area (Å²) in [6.45, 7) is 0.665. The number of H-pyrrole nitrogens is 1. The summed E-state index contributed by atoms with van der Waals surface area (Å²) in [5.74, 6) is -0.382. The molecule has 9 heteroatoms. The number of benzene rings is 1. The summed E-state index contributed by atoms with van der Waals surface area (Å²) in [5.41, 5.74) is 2.41. The molecule has 0 fully saturated rings. The molecule has 0 spiro atoms. The number of rotatable bonds is 4. The van der Waals surface area contributed by atoms with Crippen LogP contribution in [0.4, 0.5) is 4.79 Å². The van der Waals surface area contributed by atoms with Crippen molar-refractivity contribution in [3.63, 3.8) is 0 Å². The number of nitrogens with zero attached hydrogens (tertiary/aromatic N) is 2. The van der Waals surface area contributed by atoms with Crippen molar-refractivity contribution in [3.8, 4) is 0 Å². The summed E-state index contributed by atoms with van der Waals surface area (Å²) < 4.78 is 4.58. The van der Waals surface area contributed by atoms with Crippen molar-refractivity contribution in [1.82, 2.24) is 20.2 Å². The van der Waals surface area contributed by atoms with Crippen LogP contribution in [-0.2, 0) is 16.0 Å². The number of carbonyl (C=O) groups is 2. The monoisotopic (exact) mass is 396 g/mol. The van der Waals surface area contributed by atoms with Crippen LogP contribution in [0, 0.1) is 0 Å². The smallest absolute Gasteiger partial charge is 0.318 e. The van der Waals surface area contributed by atoms with Crippen molar-refractivity contribution >= 4 is 35.2 Å². The van der Waals surface area contributed by atoms with Gasteiger partial charge in [-0.15, -0.1) is 0 Å². The van der Waals surface area contributed by atoms with Crippen LogP contribution < -0.4 is 5.32 Å². The third kappa shape index (κ3) is 3.64. The number of imidazole rings is 1. The molecule has 2 aromatic rings. The van der Waals surface area contributed by atoms with Crippen LogP contribution in [0.15, 0.2) is 24.5 Å². The molecule has 0 aliphatic carbocycles. The number of hydrogen-bond acceptors (Lipinski definition) is 4. The molecule has 2 amide bonds. The van der Waals surface area contributed by atoms with Crippen LogP contribution in [0.1, 0.15) is 29.4 Å². The molecule has 0 saturated carbocycles. The molecule has 138 valence electrons. The largest absolute Gasteiger partial charge is 0.469 e. The van der Waals surface area contributed by atoms with E-state index in [1.165, 1.54) is 7.11 Å². The first-order valence-electron chi connectivity index (χ1n) is 8.10. The topological polar surface area (TPSA) is 87.3 Å². The van der Waals surface area contributed by atoms with E-state index in [-0.39, 0.29) is 25.0 Å². The zero-order valence-corrected chi connectivity index (χ0v) is 15.6. The van der Waals surface area contributed by atoms with Gasteiger partial charge in [-0.3, -0.25) is 4.79 Å². The lowest BCUT2D eigenvalue weighted by atomic mass is 9.96. The SMILES string of the molecule is COC(=O)CCNC(=O)N1CCc2[nH]cnc2[C@@H]1c1cccc(Cl)c1Cl. The first kappa shape index (κ1) is 18.5. The van der Waals surface area contributed by atoms with Crippen molar-refractivity contribution in [3.05, 3.63) is 51.5 Å². The minimum Gasteiger partial charge on any atom is -0.469 e. The summed E-state index contributed by atoms with van der Waals surface area (Å²) >= 11 is 12.6.